The molecule has 40 heavy (non-hydrogen) atoms. The second kappa shape index (κ2) is 12.2. The van der Waals surface area contributed by atoms with Gasteiger partial charge in [-0.25, -0.2) is 4.79 Å². The molecule has 0 spiro atoms. The fraction of sp³-hybridized carbons (Fsp3) is 0.233. The zero-order chi connectivity index (χ0) is 28.9. The lowest BCUT2D eigenvalue weighted by molar-refractivity contribution is -0.274. The highest BCUT2D eigenvalue weighted by Gasteiger charge is 2.31. The van der Waals surface area contributed by atoms with Gasteiger partial charge in [0.05, 0.1) is 25.8 Å². The molecule has 4 rings (SSSR count). The van der Waals surface area contributed by atoms with E-state index in [4.69, 9.17) is 4.74 Å². The summed E-state index contributed by atoms with van der Waals surface area (Å²) in [4.78, 5) is 24.7. The number of fused-ring (bicyclic) bond motifs is 1. The van der Waals surface area contributed by atoms with Crippen LogP contribution in [0.1, 0.15) is 39.7 Å². The molecule has 0 bridgehead atoms. The molecule has 0 aliphatic heterocycles. The van der Waals surface area contributed by atoms with Crippen LogP contribution in [0.4, 0.5) is 13.2 Å². The minimum absolute atomic E-state index is 0.0328. The highest BCUT2D eigenvalue weighted by atomic mass is 19.4. The van der Waals surface area contributed by atoms with E-state index in [9.17, 15) is 22.8 Å². The Kier molecular flexibility index (Phi) is 8.69. The number of rotatable bonds is 10. The van der Waals surface area contributed by atoms with Gasteiger partial charge in [-0.15, -0.1) is 13.2 Å². The van der Waals surface area contributed by atoms with Gasteiger partial charge < -0.3 is 14.2 Å². The normalized spacial score (nSPS) is 12.6. The molecule has 0 N–H and O–H groups in total. The maximum Gasteiger partial charge on any atom is 0.573 e. The van der Waals surface area contributed by atoms with E-state index in [0.717, 1.165) is 16.7 Å². The van der Waals surface area contributed by atoms with Gasteiger partial charge in [0.15, 0.2) is 6.10 Å². The number of alkyl halides is 3. The Bertz CT molecular complexity index is 1520. The van der Waals surface area contributed by atoms with Gasteiger partial charge in [0, 0.05) is 10.9 Å². The van der Waals surface area contributed by atoms with Crippen molar-refractivity contribution >= 4 is 28.7 Å². The summed E-state index contributed by atoms with van der Waals surface area (Å²) in [6.07, 6.45) is -1.85. The topological polar surface area (TPSA) is 79.7 Å². The number of ether oxygens (including phenoxy) is 3. The molecule has 0 amide bonds. The number of hydrogen-bond donors (Lipinski definition) is 0. The Morgan fingerprint density at radius 3 is 2.38 bits per heavy atom. The molecule has 10 heteroatoms. The minimum Gasteiger partial charge on any atom is -0.467 e. The lowest BCUT2D eigenvalue weighted by atomic mass is 10.0. The van der Waals surface area contributed by atoms with Gasteiger partial charge in [0.1, 0.15) is 11.4 Å². The predicted octanol–water partition coefficient (Wildman–Crippen LogP) is 6.27. The molecule has 3 aromatic carbocycles. The highest BCUT2D eigenvalue weighted by Crippen LogP contribution is 2.29. The Hall–Kier alpha value is -4.44. The van der Waals surface area contributed by atoms with E-state index in [1.54, 1.807) is 35.9 Å². The molecular formula is C30H27F3N2O5. The number of aromatic nitrogens is 2. The van der Waals surface area contributed by atoms with Crippen molar-refractivity contribution in [3.05, 3.63) is 101 Å². The molecule has 0 fully saturated rings. The SMILES string of the molecule is COC(=O)[C@@H](C)OCc1ccc(/C=C/Cn2nc(C(=O)c3ccc(C)cc3)c3cc(OC(F)(F)F)ccc32)cc1. The number of hydrogen-bond acceptors (Lipinski definition) is 6. The number of esters is 1. The first kappa shape index (κ1) is 28.6. The first-order valence-corrected chi connectivity index (χ1v) is 12.4. The predicted molar refractivity (Wildman–Crippen MR) is 143 cm³/mol. The Balaban J connectivity index is 1.55. The average Bonchev–Trinajstić information content (AvgIpc) is 3.28. The molecule has 0 aliphatic carbocycles. The third-order valence-corrected chi connectivity index (χ3v) is 6.09. The summed E-state index contributed by atoms with van der Waals surface area (Å²) in [5.74, 6) is -1.28. The number of carbonyl (C=O) groups is 2. The van der Waals surface area contributed by atoms with Crippen LogP contribution in [0.15, 0.2) is 72.8 Å². The van der Waals surface area contributed by atoms with E-state index in [0.29, 0.717) is 11.1 Å². The van der Waals surface area contributed by atoms with Crippen LogP contribution in [0.3, 0.4) is 0 Å². The van der Waals surface area contributed by atoms with E-state index in [1.165, 1.54) is 25.3 Å². The fourth-order valence-electron chi connectivity index (χ4n) is 3.97. The monoisotopic (exact) mass is 552 g/mol. The number of methoxy groups -OCH3 is 1. The number of halogens is 3. The Labute approximate surface area is 228 Å². The number of carbonyl (C=O) groups excluding carboxylic acids is 2. The molecular weight excluding hydrogens is 525 g/mol. The largest absolute Gasteiger partial charge is 0.573 e. The van der Waals surface area contributed by atoms with Crippen molar-refractivity contribution < 1.29 is 37.0 Å². The summed E-state index contributed by atoms with van der Waals surface area (Å²) in [7, 11) is 1.30. The minimum atomic E-state index is -4.87. The summed E-state index contributed by atoms with van der Waals surface area (Å²) in [6.45, 7) is 4.01. The molecule has 0 saturated heterocycles. The van der Waals surface area contributed by atoms with E-state index in [1.807, 2.05) is 43.3 Å². The van der Waals surface area contributed by atoms with Crippen molar-refractivity contribution in [2.75, 3.05) is 7.11 Å². The van der Waals surface area contributed by atoms with Gasteiger partial charge in [-0.2, -0.15) is 5.10 Å². The lowest BCUT2D eigenvalue weighted by Crippen LogP contribution is -2.21. The number of aryl methyl sites for hydroxylation is 1. The third-order valence-electron chi connectivity index (χ3n) is 6.09. The second-order valence-electron chi connectivity index (χ2n) is 9.07. The number of allylic oxidation sites excluding steroid dienone is 1. The first-order valence-electron chi connectivity index (χ1n) is 12.4. The smallest absolute Gasteiger partial charge is 0.467 e. The summed E-state index contributed by atoms with van der Waals surface area (Å²) in [6, 6.07) is 18.2. The average molecular weight is 553 g/mol. The molecule has 1 aromatic heterocycles. The van der Waals surface area contributed by atoms with Crippen LogP contribution in [0.5, 0.6) is 5.75 Å². The highest BCUT2D eigenvalue weighted by molar-refractivity contribution is 6.15. The van der Waals surface area contributed by atoms with Crippen LogP contribution >= 0.6 is 0 Å². The maximum atomic E-state index is 13.3. The summed E-state index contributed by atoms with van der Waals surface area (Å²) in [5, 5.41) is 4.71. The summed E-state index contributed by atoms with van der Waals surface area (Å²) < 4.78 is 54.3. The maximum absolute atomic E-state index is 13.3. The first-order chi connectivity index (χ1) is 19.0. The van der Waals surface area contributed by atoms with Crippen LogP contribution in [-0.2, 0) is 27.4 Å². The zero-order valence-electron chi connectivity index (χ0n) is 22.1. The fourth-order valence-corrected chi connectivity index (χ4v) is 3.97. The van der Waals surface area contributed by atoms with Gasteiger partial charge in [0.2, 0.25) is 5.78 Å². The van der Waals surface area contributed by atoms with Crippen LogP contribution < -0.4 is 4.74 Å². The number of benzene rings is 3. The molecule has 0 unspecified atom stereocenters. The molecule has 7 nitrogen and oxygen atoms in total. The van der Waals surface area contributed by atoms with E-state index < -0.39 is 30.0 Å². The van der Waals surface area contributed by atoms with Crippen molar-refractivity contribution in [2.45, 2.75) is 39.5 Å². The van der Waals surface area contributed by atoms with Crippen molar-refractivity contribution in [1.82, 2.24) is 9.78 Å². The summed E-state index contributed by atoms with van der Waals surface area (Å²) >= 11 is 0. The molecule has 4 aromatic rings. The van der Waals surface area contributed by atoms with Crippen molar-refractivity contribution in [3.8, 4) is 5.75 Å². The molecule has 1 atom stereocenters. The standard InChI is InChI=1S/C30H27F3N2O5/c1-19-6-12-23(13-7-19)28(36)27-25-17-24(40-30(31,32)33)14-15-26(25)35(34-27)16-4-5-21-8-10-22(11-9-21)18-39-20(2)29(37)38-3/h4-15,17,20H,16,18H2,1-3H3/b5-4+/t20-/m1/s1. The van der Waals surface area contributed by atoms with Gasteiger partial charge in [-0.3, -0.25) is 9.48 Å². The molecule has 208 valence electrons. The number of nitrogens with zero attached hydrogens (tertiary/aromatic N) is 2. The van der Waals surface area contributed by atoms with Crippen LogP contribution in [0, 0.1) is 6.92 Å². The Morgan fingerprint density at radius 2 is 1.73 bits per heavy atom. The van der Waals surface area contributed by atoms with Crippen LogP contribution in [0.2, 0.25) is 0 Å². The third kappa shape index (κ3) is 7.15. The van der Waals surface area contributed by atoms with Gasteiger partial charge in [0.25, 0.3) is 0 Å². The van der Waals surface area contributed by atoms with Gasteiger partial charge in [-0.05, 0) is 43.2 Å². The number of ketones is 1. The van der Waals surface area contributed by atoms with E-state index >= 15 is 0 Å². The van der Waals surface area contributed by atoms with Gasteiger partial charge in [-0.1, -0.05) is 66.2 Å². The van der Waals surface area contributed by atoms with E-state index in [-0.39, 0.29) is 24.2 Å². The van der Waals surface area contributed by atoms with E-state index in [2.05, 4.69) is 14.6 Å². The molecule has 0 saturated carbocycles. The van der Waals surface area contributed by atoms with Crippen LogP contribution in [-0.4, -0.2) is 41.1 Å². The van der Waals surface area contributed by atoms with Crippen molar-refractivity contribution in [1.29, 1.82) is 0 Å². The van der Waals surface area contributed by atoms with Crippen molar-refractivity contribution in [2.24, 2.45) is 0 Å². The van der Waals surface area contributed by atoms with Gasteiger partial charge >= 0.3 is 12.3 Å². The Morgan fingerprint density at radius 1 is 1.02 bits per heavy atom. The molecule has 0 aliphatic rings. The molecule has 0 radical (unpaired) electrons. The van der Waals surface area contributed by atoms with Crippen molar-refractivity contribution in [3.63, 3.8) is 0 Å². The molecule has 1 heterocycles. The lowest BCUT2D eigenvalue weighted by Gasteiger charge is -2.10. The quantitative estimate of drug-likeness (QED) is 0.171. The second-order valence-corrected chi connectivity index (χ2v) is 9.07. The summed E-state index contributed by atoms with van der Waals surface area (Å²) in [5.41, 5.74) is 3.63. The zero-order valence-corrected chi connectivity index (χ0v) is 22.1. The van der Waals surface area contributed by atoms with Crippen LogP contribution in [0.25, 0.3) is 17.0 Å².